The SMILES string of the molecule is Cc1cc(-c2ccccc2)nc(SCC(=O)N(C)CC2COc3ccccc3O2)n1. The maximum absolute atomic E-state index is 12.6. The molecule has 1 amide bonds. The molecule has 6 nitrogen and oxygen atoms in total. The fourth-order valence-electron chi connectivity index (χ4n) is 3.16. The summed E-state index contributed by atoms with van der Waals surface area (Å²) in [5.74, 6) is 1.71. The molecule has 1 aliphatic heterocycles. The number of aryl methyl sites for hydroxylation is 1. The van der Waals surface area contributed by atoms with Crippen molar-refractivity contribution in [2.24, 2.45) is 0 Å². The number of carbonyl (C=O) groups excluding carboxylic acids is 1. The normalized spacial score (nSPS) is 14.9. The minimum Gasteiger partial charge on any atom is -0.486 e. The summed E-state index contributed by atoms with van der Waals surface area (Å²) in [6, 6.07) is 19.5. The molecule has 30 heavy (non-hydrogen) atoms. The third-order valence-electron chi connectivity index (χ3n) is 4.70. The molecule has 0 saturated carbocycles. The second kappa shape index (κ2) is 9.17. The highest BCUT2D eigenvalue weighted by atomic mass is 32.2. The van der Waals surface area contributed by atoms with Gasteiger partial charge in [-0.25, -0.2) is 9.97 Å². The predicted octanol–water partition coefficient (Wildman–Crippen LogP) is 3.84. The number of fused-ring (bicyclic) bond motifs is 1. The number of hydrogen-bond donors (Lipinski definition) is 0. The number of carbonyl (C=O) groups is 1. The Morgan fingerprint density at radius 2 is 1.83 bits per heavy atom. The second-order valence-electron chi connectivity index (χ2n) is 7.10. The van der Waals surface area contributed by atoms with Crippen LogP contribution in [-0.4, -0.2) is 52.8 Å². The smallest absolute Gasteiger partial charge is 0.232 e. The van der Waals surface area contributed by atoms with Crippen molar-refractivity contribution in [2.45, 2.75) is 18.2 Å². The summed E-state index contributed by atoms with van der Waals surface area (Å²) < 4.78 is 11.7. The molecule has 0 bridgehead atoms. The van der Waals surface area contributed by atoms with Gasteiger partial charge in [0, 0.05) is 18.3 Å². The van der Waals surface area contributed by atoms with Gasteiger partial charge in [-0.2, -0.15) is 0 Å². The molecule has 1 aliphatic rings. The first-order valence-electron chi connectivity index (χ1n) is 9.75. The minimum atomic E-state index is -0.196. The van der Waals surface area contributed by atoms with Gasteiger partial charge >= 0.3 is 0 Å². The van der Waals surface area contributed by atoms with Crippen LogP contribution in [0.3, 0.4) is 0 Å². The number of thioether (sulfide) groups is 1. The van der Waals surface area contributed by atoms with Gasteiger partial charge in [0.15, 0.2) is 22.8 Å². The first kappa shape index (κ1) is 20.2. The van der Waals surface area contributed by atoms with Crippen molar-refractivity contribution in [3.63, 3.8) is 0 Å². The van der Waals surface area contributed by atoms with Crippen LogP contribution in [0.1, 0.15) is 5.69 Å². The summed E-state index contributed by atoms with van der Waals surface area (Å²) in [6.07, 6.45) is -0.196. The molecule has 1 aromatic heterocycles. The molecule has 0 N–H and O–H groups in total. The molecular formula is C23H23N3O3S. The summed E-state index contributed by atoms with van der Waals surface area (Å²) in [7, 11) is 1.78. The van der Waals surface area contributed by atoms with Crippen LogP contribution in [0.5, 0.6) is 11.5 Å². The van der Waals surface area contributed by atoms with Gasteiger partial charge in [-0.15, -0.1) is 0 Å². The van der Waals surface area contributed by atoms with Gasteiger partial charge in [0.05, 0.1) is 18.0 Å². The van der Waals surface area contributed by atoms with E-state index < -0.39 is 0 Å². The number of nitrogens with zero attached hydrogens (tertiary/aromatic N) is 3. The Kier molecular flexibility index (Phi) is 6.18. The van der Waals surface area contributed by atoms with E-state index in [0.29, 0.717) is 24.1 Å². The summed E-state index contributed by atoms with van der Waals surface area (Å²) in [5, 5.41) is 0.599. The maximum Gasteiger partial charge on any atom is 0.232 e. The fraction of sp³-hybridized carbons (Fsp3) is 0.261. The Labute approximate surface area is 180 Å². The van der Waals surface area contributed by atoms with Gasteiger partial charge in [0.25, 0.3) is 0 Å². The van der Waals surface area contributed by atoms with Crippen LogP contribution >= 0.6 is 11.8 Å². The minimum absolute atomic E-state index is 0.00572. The van der Waals surface area contributed by atoms with E-state index in [2.05, 4.69) is 9.97 Å². The molecule has 0 aliphatic carbocycles. The molecule has 2 aromatic carbocycles. The average Bonchev–Trinajstić information content (AvgIpc) is 2.77. The molecule has 0 fully saturated rings. The average molecular weight is 422 g/mol. The molecule has 3 aromatic rings. The van der Waals surface area contributed by atoms with Crippen LogP contribution in [0.2, 0.25) is 0 Å². The van der Waals surface area contributed by atoms with Crippen molar-refractivity contribution in [3.05, 3.63) is 66.4 Å². The van der Waals surface area contributed by atoms with E-state index in [1.807, 2.05) is 67.6 Å². The van der Waals surface area contributed by atoms with Crippen molar-refractivity contribution >= 4 is 17.7 Å². The molecule has 1 unspecified atom stereocenters. The number of likely N-dealkylation sites (N-methyl/N-ethyl adjacent to an activating group) is 1. The lowest BCUT2D eigenvalue weighted by Crippen LogP contribution is -2.42. The lowest BCUT2D eigenvalue weighted by molar-refractivity contribution is -0.128. The van der Waals surface area contributed by atoms with E-state index in [-0.39, 0.29) is 17.8 Å². The number of hydrogen-bond acceptors (Lipinski definition) is 6. The quantitative estimate of drug-likeness (QED) is 0.445. The molecule has 0 saturated heterocycles. The lowest BCUT2D eigenvalue weighted by Gasteiger charge is -2.29. The monoisotopic (exact) mass is 421 g/mol. The van der Waals surface area contributed by atoms with Crippen molar-refractivity contribution in [1.29, 1.82) is 0 Å². The first-order valence-corrected chi connectivity index (χ1v) is 10.7. The summed E-state index contributed by atoms with van der Waals surface area (Å²) >= 11 is 1.34. The predicted molar refractivity (Wildman–Crippen MR) is 117 cm³/mol. The van der Waals surface area contributed by atoms with Gasteiger partial charge in [-0.1, -0.05) is 54.2 Å². The first-order chi connectivity index (χ1) is 14.6. The van der Waals surface area contributed by atoms with Gasteiger partial charge in [-0.05, 0) is 25.1 Å². The Bertz CT molecular complexity index is 1030. The van der Waals surface area contributed by atoms with Gasteiger partial charge in [0.1, 0.15) is 6.61 Å². The van der Waals surface area contributed by atoms with Crippen LogP contribution in [-0.2, 0) is 4.79 Å². The zero-order valence-corrected chi connectivity index (χ0v) is 17.8. The van der Waals surface area contributed by atoms with Gasteiger partial charge in [-0.3, -0.25) is 4.79 Å². The van der Waals surface area contributed by atoms with Crippen LogP contribution < -0.4 is 9.47 Å². The van der Waals surface area contributed by atoms with Crippen LogP contribution in [0.25, 0.3) is 11.3 Å². The molecule has 7 heteroatoms. The molecule has 2 heterocycles. The van der Waals surface area contributed by atoms with E-state index in [9.17, 15) is 4.79 Å². The number of para-hydroxylation sites is 2. The standard InChI is InChI=1S/C23H23N3O3S/c1-16-12-19(17-8-4-3-5-9-17)25-23(24-16)30-15-22(27)26(2)13-18-14-28-20-10-6-7-11-21(20)29-18/h3-12,18H,13-15H2,1-2H3. The zero-order chi connectivity index (χ0) is 20.9. The lowest BCUT2D eigenvalue weighted by atomic mass is 10.1. The number of ether oxygens (including phenoxy) is 2. The van der Waals surface area contributed by atoms with Crippen molar-refractivity contribution in [1.82, 2.24) is 14.9 Å². The second-order valence-corrected chi connectivity index (χ2v) is 8.05. The van der Waals surface area contributed by atoms with Crippen molar-refractivity contribution in [2.75, 3.05) is 26.0 Å². The third kappa shape index (κ3) is 4.91. The van der Waals surface area contributed by atoms with E-state index >= 15 is 0 Å². The molecule has 1 atom stereocenters. The van der Waals surface area contributed by atoms with E-state index in [1.165, 1.54) is 11.8 Å². The molecule has 154 valence electrons. The largest absolute Gasteiger partial charge is 0.486 e. The summed E-state index contributed by atoms with van der Waals surface area (Å²) in [6.45, 7) is 2.81. The number of benzene rings is 2. The summed E-state index contributed by atoms with van der Waals surface area (Å²) in [4.78, 5) is 23.4. The van der Waals surface area contributed by atoms with Gasteiger partial charge < -0.3 is 14.4 Å². The molecule has 0 spiro atoms. The Morgan fingerprint density at radius 3 is 2.63 bits per heavy atom. The highest BCUT2D eigenvalue weighted by Gasteiger charge is 2.23. The van der Waals surface area contributed by atoms with Crippen LogP contribution in [0.15, 0.2) is 65.8 Å². The Morgan fingerprint density at radius 1 is 1.10 bits per heavy atom. The molecular weight excluding hydrogens is 398 g/mol. The van der Waals surface area contributed by atoms with E-state index in [1.54, 1.807) is 11.9 Å². The van der Waals surface area contributed by atoms with Crippen LogP contribution in [0, 0.1) is 6.92 Å². The summed E-state index contributed by atoms with van der Waals surface area (Å²) in [5.41, 5.74) is 2.76. The number of amides is 1. The highest BCUT2D eigenvalue weighted by Crippen LogP contribution is 2.31. The topological polar surface area (TPSA) is 64.6 Å². The van der Waals surface area contributed by atoms with Crippen LogP contribution in [0.4, 0.5) is 0 Å². The molecule has 4 rings (SSSR count). The van der Waals surface area contributed by atoms with E-state index in [4.69, 9.17) is 9.47 Å². The Hall–Kier alpha value is -3.06. The Balaban J connectivity index is 1.34. The zero-order valence-electron chi connectivity index (χ0n) is 16.9. The van der Waals surface area contributed by atoms with Crippen molar-refractivity contribution < 1.29 is 14.3 Å². The van der Waals surface area contributed by atoms with Crippen molar-refractivity contribution in [3.8, 4) is 22.8 Å². The highest BCUT2D eigenvalue weighted by molar-refractivity contribution is 7.99. The molecule has 0 radical (unpaired) electrons. The fourth-order valence-corrected chi connectivity index (χ4v) is 4.00. The maximum atomic E-state index is 12.6. The van der Waals surface area contributed by atoms with E-state index in [0.717, 1.165) is 22.7 Å². The number of aromatic nitrogens is 2. The van der Waals surface area contributed by atoms with Gasteiger partial charge in [0.2, 0.25) is 5.91 Å². The number of rotatable bonds is 6. The third-order valence-corrected chi connectivity index (χ3v) is 5.53.